The van der Waals surface area contributed by atoms with Crippen LogP contribution in [0, 0.1) is 0 Å². The maximum absolute atomic E-state index is 11.8. The van der Waals surface area contributed by atoms with E-state index in [0.29, 0.717) is 5.02 Å². The Balaban J connectivity index is 1.95. The van der Waals surface area contributed by atoms with Crippen molar-refractivity contribution in [1.29, 1.82) is 0 Å². The van der Waals surface area contributed by atoms with E-state index < -0.39 is 18.5 Å². The highest BCUT2D eigenvalue weighted by Crippen LogP contribution is 2.33. The van der Waals surface area contributed by atoms with Gasteiger partial charge in [0.15, 0.2) is 6.61 Å². The van der Waals surface area contributed by atoms with Gasteiger partial charge in [0.25, 0.3) is 5.91 Å². The SMILES string of the molecule is O=C(COC(=O)c1ccccn1)Nc1c(Cl)cc(Cl)cc1Cl. The third-order valence-electron chi connectivity index (χ3n) is 2.48. The Bertz CT molecular complexity index is 685. The van der Waals surface area contributed by atoms with Crippen LogP contribution < -0.4 is 5.32 Å². The lowest BCUT2D eigenvalue weighted by molar-refractivity contribution is -0.119. The Labute approximate surface area is 141 Å². The van der Waals surface area contributed by atoms with Crippen LogP contribution in [0.2, 0.25) is 15.1 Å². The van der Waals surface area contributed by atoms with Gasteiger partial charge in [-0.25, -0.2) is 9.78 Å². The summed E-state index contributed by atoms with van der Waals surface area (Å²) < 4.78 is 4.84. The van der Waals surface area contributed by atoms with Gasteiger partial charge in [-0.2, -0.15) is 0 Å². The van der Waals surface area contributed by atoms with Crippen molar-refractivity contribution in [3.05, 3.63) is 57.3 Å². The number of hydrogen-bond acceptors (Lipinski definition) is 4. The first-order valence-corrected chi connectivity index (χ1v) is 7.13. The van der Waals surface area contributed by atoms with Gasteiger partial charge in [0.2, 0.25) is 0 Å². The first-order valence-electron chi connectivity index (χ1n) is 6.00. The zero-order chi connectivity index (χ0) is 16.1. The largest absolute Gasteiger partial charge is 0.451 e. The molecule has 22 heavy (non-hydrogen) atoms. The van der Waals surface area contributed by atoms with E-state index in [0.717, 1.165) is 0 Å². The van der Waals surface area contributed by atoms with E-state index in [2.05, 4.69) is 10.3 Å². The lowest BCUT2D eigenvalue weighted by Crippen LogP contribution is -2.21. The minimum Gasteiger partial charge on any atom is -0.451 e. The highest BCUT2D eigenvalue weighted by Gasteiger charge is 2.14. The normalized spacial score (nSPS) is 10.1. The molecule has 1 aromatic carbocycles. The third-order valence-corrected chi connectivity index (χ3v) is 3.29. The van der Waals surface area contributed by atoms with Crippen molar-refractivity contribution in [2.24, 2.45) is 0 Å². The first-order chi connectivity index (χ1) is 10.5. The zero-order valence-corrected chi connectivity index (χ0v) is 13.2. The second kappa shape index (κ2) is 7.45. The van der Waals surface area contributed by atoms with Crippen molar-refractivity contribution >= 4 is 52.4 Å². The molecule has 0 saturated heterocycles. The quantitative estimate of drug-likeness (QED) is 0.842. The molecule has 0 aliphatic carbocycles. The van der Waals surface area contributed by atoms with Crippen LogP contribution in [0.15, 0.2) is 36.5 Å². The average molecular weight is 360 g/mol. The fourth-order valence-electron chi connectivity index (χ4n) is 1.53. The molecular formula is C14H9Cl3N2O3. The number of anilines is 1. The van der Waals surface area contributed by atoms with Gasteiger partial charge in [0, 0.05) is 11.2 Å². The summed E-state index contributed by atoms with van der Waals surface area (Å²) in [4.78, 5) is 27.2. The van der Waals surface area contributed by atoms with E-state index in [1.165, 1.54) is 24.4 Å². The molecule has 0 radical (unpaired) electrons. The Morgan fingerprint density at radius 1 is 1.14 bits per heavy atom. The molecule has 0 unspecified atom stereocenters. The van der Waals surface area contributed by atoms with Gasteiger partial charge in [-0.15, -0.1) is 0 Å². The third kappa shape index (κ3) is 4.34. The molecule has 0 atom stereocenters. The summed E-state index contributed by atoms with van der Waals surface area (Å²) in [5.41, 5.74) is 0.310. The van der Waals surface area contributed by atoms with Gasteiger partial charge in [-0.05, 0) is 24.3 Å². The molecule has 0 spiro atoms. The molecule has 5 nitrogen and oxygen atoms in total. The second-order valence-electron chi connectivity index (χ2n) is 4.08. The summed E-state index contributed by atoms with van der Waals surface area (Å²) in [5.74, 6) is -1.29. The maximum Gasteiger partial charge on any atom is 0.357 e. The lowest BCUT2D eigenvalue weighted by Gasteiger charge is -2.10. The predicted octanol–water partition coefficient (Wildman–Crippen LogP) is 3.84. The van der Waals surface area contributed by atoms with Gasteiger partial charge in [-0.1, -0.05) is 40.9 Å². The van der Waals surface area contributed by atoms with Gasteiger partial charge in [0.05, 0.1) is 15.7 Å². The van der Waals surface area contributed by atoms with Gasteiger partial charge in [-0.3, -0.25) is 4.79 Å². The smallest absolute Gasteiger partial charge is 0.357 e. The van der Waals surface area contributed by atoms with Crippen LogP contribution in [0.25, 0.3) is 0 Å². The molecule has 8 heteroatoms. The first kappa shape index (κ1) is 16.5. The molecule has 2 rings (SSSR count). The number of ether oxygens (including phenoxy) is 1. The fraction of sp³-hybridized carbons (Fsp3) is 0.0714. The summed E-state index contributed by atoms with van der Waals surface area (Å²) in [6.07, 6.45) is 1.45. The topological polar surface area (TPSA) is 68.3 Å². The number of nitrogens with one attached hydrogen (secondary N) is 1. The van der Waals surface area contributed by atoms with Crippen molar-refractivity contribution < 1.29 is 14.3 Å². The highest BCUT2D eigenvalue weighted by atomic mass is 35.5. The molecule has 0 saturated carbocycles. The van der Waals surface area contributed by atoms with Crippen molar-refractivity contribution in [1.82, 2.24) is 4.98 Å². The molecule has 0 bridgehead atoms. The van der Waals surface area contributed by atoms with Crippen LogP contribution in [0.3, 0.4) is 0 Å². The van der Waals surface area contributed by atoms with Crippen molar-refractivity contribution in [3.8, 4) is 0 Å². The standard InChI is InChI=1S/C14H9Cl3N2O3/c15-8-5-9(16)13(10(17)6-8)19-12(20)7-22-14(21)11-3-1-2-4-18-11/h1-6H,7H2,(H,19,20). The van der Waals surface area contributed by atoms with E-state index in [4.69, 9.17) is 39.5 Å². The number of nitrogens with zero attached hydrogens (tertiary/aromatic N) is 1. The average Bonchev–Trinajstić information content (AvgIpc) is 2.49. The predicted molar refractivity (Wildman–Crippen MR) is 84.6 cm³/mol. The summed E-state index contributed by atoms with van der Waals surface area (Å²) in [6.45, 7) is -0.495. The number of aromatic nitrogens is 1. The molecule has 1 aromatic heterocycles. The van der Waals surface area contributed by atoms with Crippen LogP contribution in [-0.4, -0.2) is 23.5 Å². The van der Waals surface area contributed by atoms with Crippen LogP contribution >= 0.6 is 34.8 Å². The Kier molecular flexibility index (Phi) is 5.60. The summed E-state index contributed by atoms with van der Waals surface area (Å²) in [7, 11) is 0. The number of pyridine rings is 1. The van der Waals surface area contributed by atoms with E-state index >= 15 is 0 Å². The van der Waals surface area contributed by atoms with E-state index in [1.807, 2.05) is 0 Å². The monoisotopic (exact) mass is 358 g/mol. The van der Waals surface area contributed by atoms with E-state index in [9.17, 15) is 9.59 Å². The zero-order valence-electron chi connectivity index (χ0n) is 11.0. The summed E-state index contributed by atoms with van der Waals surface area (Å²) >= 11 is 17.6. The van der Waals surface area contributed by atoms with Gasteiger partial charge in [0.1, 0.15) is 5.69 Å². The molecular weight excluding hydrogens is 351 g/mol. The van der Waals surface area contributed by atoms with Crippen molar-refractivity contribution in [3.63, 3.8) is 0 Å². The maximum atomic E-state index is 11.8. The highest BCUT2D eigenvalue weighted by molar-refractivity contribution is 6.42. The van der Waals surface area contributed by atoms with Crippen LogP contribution in [0.5, 0.6) is 0 Å². The van der Waals surface area contributed by atoms with Crippen LogP contribution in [0.1, 0.15) is 10.5 Å². The Morgan fingerprint density at radius 3 is 2.41 bits per heavy atom. The number of rotatable bonds is 4. The Morgan fingerprint density at radius 2 is 1.82 bits per heavy atom. The van der Waals surface area contributed by atoms with Crippen LogP contribution in [0.4, 0.5) is 5.69 Å². The molecule has 2 aromatic rings. The molecule has 1 amide bonds. The van der Waals surface area contributed by atoms with Crippen molar-refractivity contribution in [2.75, 3.05) is 11.9 Å². The fourth-order valence-corrected chi connectivity index (χ4v) is 2.44. The molecule has 1 heterocycles. The van der Waals surface area contributed by atoms with Crippen molar-refractivity contribution in [2.45, 2.75) is 0 Å². The molecule has 0 aliphatic heterocycles. The van der Waals surface area contributed by atoms with Crippen LogP contribution in [-0.2, 0) is 9.53 Å². The number of halogens is 3. The Hall–Kier alpha value is -1.82. The number of carbonyl (C=O) groups excluding carboxylic acids is 2. The second-order valence-corrected chi connectivity index (χ2v) is 5.33. The number of amides is 1. The lowest BCUT2D eigenvalue weighted by atomic mass is 10.3. The molecule has 0 aliphatic rings. The molecule has 0 fully saturated rings. The van der Waals surface area contributed by atoms with E-state index in [1.54, 1.807) is 12.1 Å². The molecule has 114 valence electrons. The minimum absolute atomic E-state index is 0.109. The number of esters is 1. The summed E-state index contributed by atoms with van der Waals surface area (Å²) in [5, 5.41) is 3.16. The van der Waals surface area contributed by atoms with Gasteiger partial charge < -0.3 is 10.1 Å². The van der Waals surface area contributed by atoms with Gasteiger partial charge >= 0.3 is 5.97 Å². The number of carbonyl (C=O) groups is 2. The molecule has 1 N–H and O–H groups in total. The summed E-state index contributed by atoms with van der Waals surface area (Å²) in [6, 6.07) is 7.65. The minimum atomic E-state index is -0.705. The number of hydrogen-bond donors (Lipinski definition) is 1. The number of benzene rings is 1. The van der Waals surface area contributed by atoms with E-state index in [-0.39, 0.29) is 21.4 Å².